The molecule has 0 saturated heterocycles. The molecular formula is C23H24FN5O4S. The van der Waals surface area contributed by atoms with E-state index in [1.54, 1.807) is 24.3 Å². The summed E-state index contributed by atoms with van der Waals surface area (Å²) in [6, 6.07) is 14.0. The Hall–Kier alpha value is -3.83. The van der Waals surface area contributed by atoms with Crippen molar-refractivity contribution in [2.75, 3.05) is 37.8 Å². The second kappa shape index (κ2) is 9.57. The molecule has 0 amide bonds. The van der Waals surface area contributed by atoms with E-state index in [4.69, 9.17) is 15.2 Å². The van der Waals surface area contributed by atoms with E-state index in [2.05, 4.69) is 20.2 Å². The molecule has 0 aliphatic heterocycles. The van der Waals surface area contributed by atoms with Crippen LogP contribution in [0.3, 0.4) is 0 Å². The monoisotopic (exact) mass is 485 g/mol. The van der Waals surface area contributed by atoms with Gasteiger partial charge in [-0.05, 0) is 54.6 Å². The third-order valence-electron chi connectivity index (χ3n) is 5.16. The Morgan fingerprint density at radius 3 is 2.56 bits per heavy atom. The van der Waals surface area contributed by atoms with Crippen LogP contribution in [0.25, 0.3) is 22.0 Å². The average Bonchev–Trinajstić information content (AvgIpc) is 3.20. The molecule has 0 aliphatic carbocycles. The molecule has 0 saturated carbocycles. The van der Waals surface area contributed by atoms with Gasteiger partial charge in [0, 0.05) is 18.3 Å². The number of H-pyrrole nitrogens is 1. The van der Waals surface area contributed by atoms with Gasteiger partial charge in [0.2, 0.25) is 0 Å². The van der Waals surface area contributed by atoms with Gasteiger partial charge in [-0.25, -0.2) is 12.8 Å². The zero-order chi connectivity index (χ0) is 24.3. The van der Waals surface area contributed by atoms with Crippen molar-refractivity contribution in [1.29, 1.82) is 0 Å². The van der Waals surface area contributed by atoms with Crippen LogP contribution in [0.1, 0.15) is 0 Å². The topological polar surface area (TPSA) is 131 Å². The first kappa shape index (κ1) is 23.3. The number of likely N-dealkylation sites (N-methyl/N-ethyl adjacent to an activating group) is 1. The van der Waals surface area contributed by atoms with Gasteiger partial charge in [0.15, 0.2) is 5.82 Å². The first-order valence-corrected chi connectivity index (χ1v) is 11.8. The molecule has 1 aromatic heterocycles. The molecule has 1 heterocycles. The van der Waals surface area contributed by atoms with Gasteiger partial charge in [-0.3, -0.25) is 9.82 Å². The van der Waals surface area contributed by atoms with Gasteiger partial charge in [0.25, 0.3) is 10.0 Å². The summed E-state index contributed by atoms with van der Waals surface area (Å²) >= 11 is 0. The SMILES string of the molecule is CNCCOc1cc(-c2ccc(NS(=O)(=O)c3cc(OC)ccc3F)cc2)cc2[nH]nc(N)c12. The zero-order valence-electron chi connectivity index (χ0n) is 18.6. The van der Waals surface area contributed by atoms with Crippen LogP contribution < -0.4 is 25.2 Å². The number of benzene rings is 3. The Morgan fingerprint density at radius 1 is 1.09 bits per heavy atom. The van der Waals surface area contributed by atoms with E-state index in [1.165, 1.54) is 13.2 Å². The maximum Gasteiger partial charge on any atom is 0.264 e. The molecule has 5 N–H and O–H groups in total. The standard InChI is InChI=1S/C23H24FN5O4S/c1-26-9-10-33-20-12-15(11-19-22(20)23(25)28-27-19)14-3-5-16(6-4-14)29-34(30,31)21-13-17(32-2)7-8-18(21)24/h3-8,11-13,26,29H,9-10H2,1-2H3,(H3,25,27,28). The molecule has 0 radical (unpaired) electrons. The predicted molar refractivity (Wildman–Crippen MR) is 129 cm³/mol. The Bertz CT molecular complexity index is 1420. The third kappa shape index (κ3) is 4.75. The highest BCUT2D eigenvalue weighted by Crippen LogP contribution is 2.35. The van der Waals surface area contributed by atoms with Gasteiger partial charge in [0.05, 0.1) is 18.0 Å². The Kier molecular flexibility index (Phi) is 6.57. The number of nitrogens with zero attached hydrogens (tertiary/aromatic N) is 1. The smallest absolute Gasteiger partial charge is 0.264 e. The van der Waals surface area contributed by atoms with Crippen molar-refractivity contribution in [3.8, 4) is 22.6 Å². The lowest BCUT2D eigenvalue weighted by Gasteiger charge is -2.12. The number of nitrogen functional groups attached to an aromatic ring is 1. The number of halogens is 1. The van der Waals surface area contributed by atoms with Gasteiger partial charge < -0.3 is 20.5 Å². The van der Waals surface area contributed by atoms with Crippen LogP contribution in [0.5, 0.6) is 11.5 Å². The van der Waals surface area contributed by atoms with Crippen molar-refractivity contribution in [2.24, 2.45) is 0 Å². The summed E-state index contributed by atoms with van der Waals surface area (Å²) in [6.07, 6.45) is 0. The molecule has 0 fully saturated rings. The lowest BCUT2D eigenvalue weighted by atomic mass is 10.0. The summed E-state index contributed by atoms with van der Waals surface area (Å²) in [6.45, 7) is 1.10. The van der Waals surface area contributed by atoms with Crippen LogP contribution in [0.2, 0.25) is 0 Å². The van der Waals surface area contributed by atoms with E-state index < -0.39 is 20.7 Å². The van der Waals surface area contributed by atoms with E-state index in [0.717, 1.165) is 23.3 Å². The number of ether oxygens (including phenoxy) is 2. The molecule has 0 aliphatic rings. The second-order valence-electron chi connectivity index (χ2n) is 7.44. The highest BCUT2D eigenvalue weighted by atomic mass is 32.2. The summed E-state index contributed by atoms with van der Waals surface area (Å²) in [4.78, 5) is -0.499. The van der Waals surface area contributed by atoms with Gasteiger partial charge in [-0.1, -0.05) is 12.1 Å². The highest BCUT2D eigenvalue weighted by molar-refractivity contribution is 7.92. The van der Waals surface area contributed by atoms with Crippen LogP contribution in [-0.2, 0) is 10.0 Å². The molecule has 0 unspecified atom stereocenters. The zero-order valence-corrected chi connectivity index (χ0v) is 19.4. The molecule has 4 rings (SSSR count). The molecule has 4 aromatic rings. The number of rotatable bonds is 9. The number of hydrogen-bond acceptors (Lipinski definition) is 7. The molecule has 9 nitrogen and oxygen atoms in total. The van der Waals surface area contributed by atoms with E-state index in [0.29, 0.717) is 35.6 Å². The summed E-state index contributed by atoms with van der Waals surface area (Å²) in [7, 11) is -0.948. The van der Waals surface area contributed by atoms with E-state index in [1.807, 2.05) is 19.2 Å². The lowest BCUT2D eigenvalue weighted by molar-refractivity contribution is 0.322. The van der Waals surface area contributed by atoms with E-state index in [9.17, 15) is 12.8 Å². The average molecular weight is 486 g/mol. The summed E-state index contributed by atoms with van der Waals surface area (Å²) in [5.41, 5.74) is 8.62. The van der Waals surface area contributed by atoms with E-state index in [-0.39, 0.29) is 11.4 Å². The van der Waals surface area contributed by atoms with Gasteiger partial charge in [-0.15, -0.1) is 0 Å². The molecule has 178 valence electrons. The summed E-state index contributed by atoms with van der Waals surface area (Å²) in [5, 5.41) is 10.7. The van der Waals surface area contributed by atoms with Crippen LogP contribution in [0, 0.1) is 5.82 Å². The number of methoxy groups -OCH3 is 1. The van der Waals surface area contributed by atoms with Crippen molar-refractivity contribution >= 4 is 32.4 Å². The molecule has 0 spiro atoms. The normalized spacial score (nSPS) is 11.5. The van der Waals surface area contributed by atoms with E-state index >= 15 is 0 Å². The maximum atomic E-state index is 14.2. The number of aromatic amines is 1. The molecule has 0 bridgehead atoms. The minimum Gasteiger partial charge on any atom is -0.497 e. The van der Waals surface area contributed by atoms with Crippen molar-refractivity contribution < 1.29 is 22.3 Å². The lowest BCUT2D eigenvalue weighted by Crippen LogP contribution is -2.16. The number of sulfonamides is 1. The Balaban J connectivity index is 1.61. The highest BCUT2D eigenvalue weighted by Gasteiger charge is 2.20. The third-order valence-corrected chi connectivity index (χ3v) is 6.56. The Morgan fingerprint density at radius 2 is 1.85 bits per heavy atom. The Labute approximate surface area is 196 Å². The number of nitrogens with two attached hydrogens (primary N) is 1. The second-order valence-corrected chi connectivity index (χ2v) is 9.09. The van der Waals surface area contributed by atoms with Gasteiger partial charge in [-0.2, -0.15) is 5.10 Å². The fraction of sp³-hybridized carbons (Fsp3) is 0.174. The molecule has 11 heteroatoms. The van der Waals surface area contributed by atoms with Crippen molar-refractivity contribution in [3.63, 3.8) is 0 Å². The summed E-state index contributed by atoms with van der Waals surface area (Å²) < 4.78 is 52.9. The number of anilines is 2. The molecular weight excluding hydrogens is 461 g/mol. The van der Waals surface area contributed by atoms with Crippen molar-refractivity contribution in [1.82, 2.24) is 15.5 Å². The fourth-order valence-electron chi connectivity index (χ4n) is 3.45. The fourth-order valence-corrected chi connectivity index (χ4v) is 4.60. The minimum absolute atomic E-state index is 0.236. The van der Waals surface area contributed by atoms with Crippen LogP contribution in [0.15, 0.2) is 59.5 Å². The van der Waals surface area contributed by atoms with Crippen molar-refractivity contribution in [3.05, 3.63) is 60.4 Å². The molecule has 34 heavy (non-hydrogen) atoms. The van der Waals surface area contributed by atoms with Crippen molar-refractivity contribution in [2.45, 2.75) is 4.90 Å². The van der Waals surface area contributed by atoms with Crippen LogP contribution >= 0.6 is 0 Å². The number of nitrogens with one attached hydrogen (secondary N) is 3. The molecule has 0 atom stereocenters. The van der Waals surface area contributed by atoms with Crippen LogP contribution in [-0.4, -0.2) is 45.9 Å². The maximum absolute atomic E-state index is 14.2. The predicted octanol–water partition coefficient (Wildman–Crippen LogP) is 3.36. The first-order chi connectivity index (χ1) is 16.3. The number of hydrogen-bond donors (Lipinski definition) is 4. The number of aromatic nitrogens is 2. The number of fused-ring (bicyclic) bond motifs is 1. The molecule has 3 aromatic carbocycles. The summed E-state index contributed by atoms with van der Waals surface area (Å²) in [5.74, 6) is 0.297. The van der Waals surface area contributed by atoms with Gasteiger partial charge in [0.1, 0.15) is 28.8 Å². The largest absolute Gasteiger partial charge is 0.497 e. The quantitative estimate of drug-likeness (QED) is 0.267. The first-order valence-electron chi connectivity index (χ1n) is 10.3. The minimum atomic E-state index is -4.16. The van der Waals surface area contributed by atoms with Gasteiger partial charge >= 0.3 is 0 Å². The van der Waals surface area contributed by atoms with Crippen LogP contribution in [0.4, 0.5) is 15.9 Å².